The molecular formula is C21H20BrN5O3S. The summed E-state index contributed by atoms with van der Waals surface area (Å²) in [5, 5.41) is 16.5. The lowest BCUT2D eigenvalue weighted by Crippen LogP contribution is -2.06. The fraction of sp³-hybridized carbons (Fsp3) is 0.238. The summed E-state index contributed by atoms with van der Waals surface area (Å²) in [5.74, 6) is 1.94. The van der Waals surface area contributed by atoms with Crippen molar-refractivity contribution in [3.8, 4) is 27.0 Å². The molecule has 0 spiro atoms. The van der Waals surface area contributed by atoms with E-state index in [4.69, 9.17) is 9.26 Å². The summed E-state index contributed by atoms with van der Waals surface area (Å²) in [6, 6.07) is 12.1. The van der Waals surface area contributed by atoms with Crippen LogP contribution in [0.15, 0.2) is 51.7 Å². The van der Waals surface area contributed by atoms with Crippen LogP contribution in [0.2, 0.25) is 0 Å². The number of nitrogens with zero attached hydrogens (tertiary/aromatic N) is 4. The van der Waals surface area contributed by atoms with E-state index in [1.54, 1.807) is 0 Å². The number of hydrogen-bond donors (Lipinski definition) is 2. The van der Waals surface area contributed by atoms with Crippen LogP contribution in [0.4, 0.5) is 5.82 Å². The van der Waals surface area contributed by atoms with E-state index >= 15 is 0 Å². The molecule has 2 N–H and O–H groups in total. The summed E-state index contributed by atoms with van der Waals surface area (Å²) in [6.45, 7) is 2.86. The zero-order valence-corrected chi connectivity index (χ0v) is 19.1. The molecule has 10 heteroatoms. The fourth-order valence-electron chi connectivity index (χ4n) is 2.91. The van der Waals surface area contributed by atoms with Crippen molar-refractivity contribution in [1.82, 2.24) is 20.1 Å². The van der Waals surface area contributed by atoms with Crippen molar-refractivity contribution in [2.45, 2.75) is 20.0 Å². The van der Waals surface area contributed by atoms with Gasteiger partial charge in [0.25, 0.3) is 5.89 Å². The minimum atomic E-state index is -0.309. The first-order chi connectivity index (χ1) is 15.2. The van der Waals surface area contributed by atoms with Crippen molar-refractivity contribution >= 4 is 33.1 Å². The van der Waals surface area contributed by atoms with E-state index in [1.807, 2.05) is 31.2 Å². The number of halogens is 1. The Morgan fingerprint density at radius 2 is 2.03 bits per heavy atom. The molecule has 0 aliphatic rings. The second kappa shape index (κ2) is 9.99. The minimum absolute atomic E-state index is 0.159. The molecule has 0 radical (unpaired) electrons. The van der Waals surface area contributed by atoms with Gasteiger partial charge in [-0.3, -0.25) is 0 Å². The first-order valence-corrected chi connectivity index (χ1v) is 11.3. The highest BCUT2D eigenvalue weighted by molar-refractivity contribution is 9.10. The van der Waals surface area contributed by atoms with Gasteiger partial charge in [0, 0.05) is 23.2 Å². The molecule has 0 aliphatic heterocycles. The normalized spacial score (nSPS) is 10.9. The van der Waals surface area contributed by atoms with E-state index in [-0.39, 0.29) is 12.5 Å². The Morgan fingerprint density at radius 1 is 1.19 bits per heavy atom. The monoisotopic (exact) mass is 501 g/mol. The van der Waals surface area contributed by atoms with Gasteiger partial charge in [-0.25, -0.2) is 9.97 Å². The van der Waals surface area contributed by atoms with Gasteiger partial charge in [-0.15, -0.1) is 11.3 Å². The van der Waals surface area contributed by atoms with Crippen LogP contribution in [0.3, 0.4) is 0 Å². The van der Waals surface area contributed by atoms with Crippen molar-refractivity contribution in [3.05, 3.63) is 58.7 Å². The van der Waals surface area contributed by atoms with Gasteiger partial charge in [0.1, 0.15) is 29.4 Å². The lowest BCUT2D eigenvalue weighted by atomic mass is 10.1. The molecule has 0 atom stereocenters. The number of hydrogen-bond acceptors (Lipinski definition) is 9. The molecule has 160 valence electrons. The van der Waals surface area contributed by atoms with E-state index in [1.165, 1.54) is 23.2 Å². The highest BCUT2D eigenvalue weighted by atomic mass is 79.9. The Bertz CT molecular complexity index is 1150. The van der Waals surface area contributed by atoms with Crippen LogP contribution in [0.1, 0.15) is 18.4 Å². The summed E-state index contributed by atoms with van der Waals surface area (Å²) in [7, 11) is 0. The molecule has 0 saturated carbocycles. The summed E-state index contributed by atoms with van der Waals surface area (Å²) in [4.78, 5) is 14.6. The minimum Gasteiger partial charge on any atom is -0.492 e. The van der Waals surface area contributed by atoms with E-state index in [2.05, 4.69) is 53.5 Å². The number of thiophene rings is 1. The number of aliphatic hydroxyl groups is 1. The summed E-state index contributed by atoms with van der Waals surface area (Å²) in [5.41, 5.74) is 2.01. The topological polar surface area (TPSA) is 106 Å². The van der Waals surface area contributed by atoms with E-state index in [9.17, 15) is 5.11 Å². The van der Waals surface area contributed by atoms with Gasteiger partial charge in [-0.05, 0) is 31.0 Å². The smallest absolute Gasteiger partial charge is 0.252 e. The molecule has 3 heterocycles. The van der Waals surface area contributed by atoms with E-state index in [0.29, 0.717) is 18.2 Å². The largest absolute Gasteiger partial charge is 0.492 e. The van der Waals surface area contributed by atoms with Gasteiger partial charge in [0.2, 0.25) is 5.82 Å². The van der Waals surface area contributed by atoms with Crippen LogP contribution in [-0.2, 0) is 13.0 Å². The standard InChI is InChI=1S/C21H20BrN5O3S/c1-2-29-16-10-17(31-20(16)21-26-19(11-28)30-27-21)15-9-18(25-12-24-15)23-8-7-13-3-5-14(22)6-4-13/h3-6,9-10,12,28H,2,7-8,11H2,1H3,(H,23,24,25). The molecule has 0 saturated heterocycles. The Morgan fingerprint density at radius 3 is 2.77 bits per heavy atom. The van der Waals surface area contributed by atoms with Gasteiger partial charge < -0.3 is 19.7 Å². The van der Waals surface area contributed by atoms with Crippen molar-refractivity contribution in [2.75, 3.05) is 18.5 Å². The molecule has 31 heavy (non-hydrogen) atoms. The van der Waals surface area contributed by atoms with Crippen LogP contribution < -0.4 is 10.1 Å². The summed E-state index contributed by atoms with van der Waals surface area (Å²) >= 11 is 4.90. The third-order valence-corrected chi connectivity index (χ3v) is 6.02. The number of anilines is 1. The maximum atomic E-state index is 9.19. The molecule has 0 fully saturated rings. The number of nitrogens with one attached hydrogen (secondary N) is 1. The van der Waals surface area contributed by atoms with Gasteiger partial charge in [0.15, 0.2) is 0 Å². The molecule has 0 aliphatic carbocycles. The highest BCUT2D eigenvalue weighted by Crippen LogP contribution is 2.41. The fourth-order valence-corrected chi connectivity index (χ4v) is 4.16. The first kappa shape index (κ1) is 21.4. The molecule has 0 unspecified atom stereocenters. The second-order valence-corrected chi connectivity index (χ2v) is 8.47. The molecule has 0 amide bonds. The van der Waals surface area contributed by atoms with Crippen molar-refractivity contribution < 1.29 is 14.4 Å². The summed E-state index contributed by atoms with van der Waals surface area (Å²) < 4.78 is 11.8. The number of aromatic nitrogens is 4. The predicted octanol–water partition coefficient (Wildman–Crippen LogP) is 4.56. The molecule has 4 rings (SSSR count). The van der Waals surface area contributed by atoms with Gasteiger partial charge in [0.05, 0.1) is 17.2 Å². The highest BCUT2D eigenvalue weighted by Gasteiger charge is 2.19. The van der Waals surface area contributed by atoms with E-state index < -0.39 is 0 Å². The molecule has 1 aromatic carbocycles. The van der Waals surface area contributed by atoms with Crippen LogP contribution in [0, 0.1) is 0 Å². The van der Waals surface area contributed by atoms with Crippen LogP contribution in [0.5, 0.6) is 5.75 Å². The van der Waals surface area contributed by atoms with Crippen molar-refractivity contribution in [1.29, 1.82) is 0 Å². The molecule has 3 aromatic heterocycles. The molecule has 0 bridgehead atoms. The number of aliphatic hydroxyl groups excluding tert-OH is 1. The first-order valence-electron chi connectivity index (χ1n) is 9.67. The SMILES string of the molecule is CCOc1cc(-c2cc(NCCc3ccc(Br)cc3)ncn2)sc1-c1noc(CO)n1. The van der Waals surface area contributed by atoms with E-state index in [0.717, 1.165) is 38.7 Å². The second-order valence-electron chi connectivity index (χ2n) is 6.50. The Labute approximate surface area is 191 Å². The quantitative estimate of drug-likeness (QED) is 0.343. The van der Waals surface area contributed by atoms with Crippen LogP contribution in [0.25, 0.3) is 21.3 Å². The van der Waals surface area contributed by atoms with Crippen LogP contribution in [-0.4, -0.2) is 38.4 Å². The predicted molar refractivity (Wildman–Crippen MR) is 122 cm³/mol. The summed E-state index contributed by atoms with van der Waals surface area (Å²) in [6.07, 6.45) is 2.42. The molecule has 4 aromatic rings. The zero-order chi connectivity index (χ0) is 21.6. The number of ether oxygens (including phenoxy) is 1. The molecule has 8 nitrogen and oxygen atoms in total. The number of benzene rings is 1. The maximum Gasteiger partial charge on any atom is 0.252 e. The third-order valence-electron chi connectivity index (χ3n) is 4.36. The third kappa shape index (κ3) is 5.27. The Kier molecular flexibility index (Phi) is 6.90. The van der Waals surface area contributed by atoms with Gasteiger partial charge in [-0.2, -0.15) is 4.98 Å². The Hall–Kier alpha value is -2.82. The van der Waals surface area contributed by atoms with Crippen molar-refractivity contribution in [2.24, 2.45) is 0 Å². The lowest BCUT2D eigenvalue weighted by Gasteiger charge is -2.06. The zero-order valence-electron chi connectivity index (χ0n) is 16.7. The molecular weight excluding hydrogens is 482 g/mol. The lowest BCUT2D eigenvalue weighted by molar-refractivity contribution is 0.222. The average molecular weight is 502 g/mol. The Balaban J connectivity index is 1.51. The number of rotatable bonds is 9. The van der Waals surface area contributed by atoms with Gasteiger partial charge >= 0.3 is 0 Å². The average Bonchev–Trinajstić information content (AvgIpc) is 3.43. The van der Waals surface area contributed by atoms with Gasteiger partial charge in [-0.1, -0.05) is 33.2 Å². The maximum absolute atomic E-state index is 9.19. The van der Waals surface area contributed by atoms with Crippen LogP contribution >= 0.6 is 27.3 Å². The van der Waals surface area contributed by atoms with Crippen molar-refractivity contribution in [3.63, 3.8) is 0 Å².